The molecule has 0 saturated heterocycles. The van der Waals surface area contributed by atoms with Crippen LogP contribution in [0, 0.1) is 18.3 Å². The molecule has 0 aromatic rings. The van der Waals surface area contributed by atoms with Crippen molar-refractivity contribution in [2.45, 2.75) is 44.6 Å². The number of hydrogen-bond donors (Lipinski definition) is 2. The minimum Gasteiger partial charge on any atom is -0.356 e. The van der Waals surface area contributed by atoms with Gasteiger partial charge in [0.1, 0.15) is 0 Å². The number of nitrogens with one attached hydrogen (secondary N) is 1. The fourth-order valence-corrected chi connectivity index (χ4v) is 2.02. The number of rotatable bonds is 4. The maximum atomic E-state index is 11.7. The van der Waals surface area contributed by atoms with Crippen LogP contribution in [0.4, 0.5) is 0 Å². The van der Waals surface area contributed by atoms with E-state index in [9.17, 15) is 4.79 Å². The minimum absolute atomic E-state index is 0.0181. The van der Waals surface area contributed by atoms with Crippen LogP contribution >= 0.6 is 0 Å². The van der Waals surface area contributed by atoms with Gasteiger partial charge >= 0.3 is 0 Å². The molecule has 2 atom stereocenters. The second-order valence-corrected chi connectivity index (χ2v) is 4.15. The van der Waals surface area contributed by atoms with E-state index in [1.807, 2.05) is 0 Å². The monoisotopic (exact) mass is 208 g/mol. The highest BCUT2D eigenvalue weighted by Gasteiger charge is 2.27. The first-order chi connectivity index (χ1) is 7.25. The van der Waals surface area contributed by atoms with Gasteiger partial charge in [0, 0.05) is 19.0 Å². The van der Waals surface area contributed by atoms with Gasteiger partial charge in [0.2, 0.25) is 5.91 Å². The van der Waals surface area contributed by atoms with E-state index in [0.29, 0.717) is 6.54 Å². The van der Waals surface area contributed by atoms with E-state index in [-0.39, 0.29) is 17.9 Å². The molecule has 3 nitrogen and oxygen atoms in total. The van der Waals surface area contributed by atoms with E-state index in [4.69, 9.17) is 12.2 Å². The standard InChI is InChI=1S/C12H20N2O/c1-2-3-6-9-14-12(15)10-7-4-5-8-11(10)13/h1,10-11H,3-9,13H2,(H,14,15). The predicted octanol–water partition coefficient (Wildman–Crippen LogP) is 1.03. The second kappa shape index (κ2) is 6.47. The van der Waals surface area contributed by atoms with E-state index in [0.717, 1.165) is 38.5 Å². The van der Waals surface area contributed by atoms with Gasteiger partial charge in [-0.15, -0.1) is 12.3 Å². The zero-order valence-electron chi connectivity index (χ0n) is 9.17. The van der Waals surface area contributed by atoms with Gasteiger partial charge in [0.05, 0.1) is 5.92 Å². The Kier molecular flexibility index (Phi) is 5.20. The fourth-order valence-electron chi connectivity index (χ4n) is 2.02. The van der Waals surface area contributed by atoms with Crippen molar-refractivity contribution >= 4 is 5.91 Å². The van der Waals surface area contributed by atoms with Crippen LogP contribution in [-0.2, 0) is 4.79 Å². The van der Waals surface area contributed by atoms with Crippen molar-refractivity contribution in [3.63, 3.8) is 0 Å². The molecule has 0 aliphatic heterocycles. The van der Waals surface area contributed by atoms with Gasteiger partial charge in [-0.25, -0.2) is 0 Å². The third kappa shape index (κ3) is 3.93. The molecule has 1 aliphatic rings. The maximum absolute atomic E-state index is 11.7. The van der Waals surface area contributed by atoms with E-state index in [1.54, 1.807) is 0 Å². The molecular formula is C12H20N2O. The lowest BCUT2D eigenvalue weighted by Gasteiger charge is -2.27. The number of nitrogens with two attached hydrogens (primary N) is 1. The van der Waals surface area contributed by atoms with Crippen molar-refractivity contribution in [1.82, 2.24) is 5.32 Å². The van der Waals surface area contributed by atoms with E-state index < -0.39 is 0 Å². The van der Waals surface area contributed by atoms with E-state index in [1.165, 1.54) is 0 Å². The number of amides is 1. The third-order valence-corrected chi connectivity index (χ3v) is 2.95. The molecule has 1 amide bonds. The largest absolute Gasteiger partial charge is 0.356 e. The fraction of sp³-hybridized carbons (Fsp3) is 0.750. The lowest BCUT2D eigenvalue weighted by molar-refractivity contribution is -0.126. The first kappa shape index (κ1) is 12.1. The molecule has 1 rings (SSSR count). The SMILES string of the molecule is C#CCCCNC(=O)C1CCCCC1N. The Hall–Kier alpha value is -1.01. The van der Waals surface area contributed by atoms with Gasteiger partial charge in [0.15, 0.2) is 0 Å². The molecule has 1 aliphatic carbocycles. The highest BCUT2D eigenvalue weighted by Crippen LogP contribution is 2.22. The van der Waals surface area contributed by atoms with Gasteiger partial charge in [-0.1, -0.05) is 12.8 Å². The van der Waals surface area contributed by atoms with Crippen LogP contribution in [0.25, 0.3) is 0 Å². The molecular weight excluding hydrogens is 188 g/mol. The van der Waals surface area contributed by atoms with Crippen LogP contribution in [-0.4, -0.2) is 18.5 Å². The molecule has 0 radical (unpaired) electrons. The van der Waals surface area contributed by atoms with Crippen LogP contribution in [0.5, 0.6) is 0 Å². The maximum Gasteiger partial charge on any atom is 0.224 e. The molecule has 0 aromatic carbocycles. The molecule has 1 fully saturated rings. The summed E-state index contributed by atoms with van der Waals surface area (Å²) in [7, 11) is 0. The molecule has 0 spiro atoms. The zero-order valence-corrected chi connectivity index (χ0v) is 9.17. The van der Waals surface area contributed by atoms with Crippen molar-refractivity contribution in [3.05, 3.63) is 0 Å². The second-order valence-electron chi connectivity index (χ2n) is 4.15. The molecule has 3 N–H and O–H groups in total. The molecule has 84 valence electrons. The van der Waals surface area contributed by atoms with Crippen molar-refractivity contribution in [2.24, 2.45) is 11.7 Å². The number of terminal acetylenes is 1. The summed E-state index contributed by atoms with van der Waals surface area (Å²) in [4.78, 5) is 11.7. The average Bonchev–Trinajstić information content (AvgIpc) is 2.25. The third-order valence-electron chi connectivity index (χ3n) is 2.95. The van der Waals surface area contributed by atoms with Crippen LogP contribution in [0.15, 0.2) is 0 Å². The first-order valence-corrected chi connectivity index (χ1v) is 5.72. The van der Waals surface area contributed by atoms with Gasteiger partial charge in [-0.05, 0) is 19.3 Å². The smallest absolute Gasteiger partial charge is 0.224 e. The van der Waals surface area contributed by atoms with Crippen molar-refractivity contribution in [2.75, 3.05) is 6.54 Å². The Bertz CT molecular complexity index is 244. The summed E-state index contributed by atoms with van der Waals surface area (Å²) in [6.45, 7) is 0.673. The van der Waals surface area contributed by atoms with Crippen LogP contribution in [0.1, 0.15) is 38.5 Å². The summed E-state index contributed by atoms with van der Waals surface area (Å²) >= 11 is 0. The van der Waals surface area contributed by atoms with E-state index in [2.05, 4.69) is 11.2 Å². The molecule has 3 heteroatoms. The number of hydrogen-bond acceptors (Lipinski definition) is 2. The lowest BCUT2D eigenvalue weighted by atomic mass is 9.84. The average molecular weight is 208 g/mol. The molecule has 0 heterocycles. The highest BCUT2D eigenvalue weighted by atomic mass is 16.1. The van der Waals surface area contributed by atoms with Crippen molar-refractivity contribution in [3.8, 4) is 12.3 Å². The minimum atomic E-state index is 0.0181. The van der Waals surface area contributed by atoms with Gasteiger partial charge in [-0.2, -0.15) is 0 Å². The summed E-state index contributed by atoms with van der Waals surface area (Å²) in [6.07, 6.45) is 10.9. The number of unbranched alkanes of at least 4 members (excludes halogenated alkanes) is 1. The van der Waals surface area contributed by atoms with Crippen LogP contribution in [0.3, 0.4) is 0 Å². The molecule has 0 aromatic heterocycles. The van der Waals surface area contributed by atoms with E-state index >= 15 is 0 Å². The summed E-state index contributed by atoms with van der Waals surface area (Å²) in [5, 5.41) is 2.90. The van der Waals surface area contributed by atoms with Gasteiger partial charge < -0.3 is 11.1 Å². The summed E-state index contributed by atoms with van der Waals surface area (Å²) < 4.78 is 0. The topological polar surface area (TPSA) is 55.1 Å². The number of carbonyl (C=O) groups excluding carboxylic acids is 1. The highest BCUT2D eigenvalue weighted by molar-refractivity contribution is 5.79. The lowest BCUT2D eigenvalue weighted by Crippen LogP contribution is -2.43. The summed E-state index contributed by atoms with van der Waals surface area (Å²) in [5.74, 6) is 2.68. The normalized spacial score (nSPS) is 25.6. The molecule has 1 saturated carbocycles. The Morgan fingerprint density at radius 1 is 1.47 bits per heavy atom. The van der Waals surface area contributed by atoms with Crippen molar-refractivity contribution < 1.29 is 4.79 Å². The Balaban J connectivity index is 2.23. The Morgan fingerprint density at radius 3 is 2.87 bits per heavy atom. The molecule has 0 bridgehead atoms. The Morgan fingerprint density at radius 2 is 2.20 bits per heavy atom. The van der Waals surface area contributed by atoms with Crippen molar-refractivity contribution in [1.29, 1.82) is 0 Å². The van der Waals surface area contributed by atoms with Gasteiger partial charge in [0.25, 0.3) is 0 Å². The summed E-state index contributed by atoms with van der Waals surface area (Å²) in [6, 6.07) is 0.0476. The van der Waals surface area contributed by atoms with Crippen LogP contribution < -0.4 is 11.1 Å². The number of carbonyl (C=O) groups is 1. The molecule has 15 heavy (non-hydrogen) atoms. The molecule has 2 unspecified atom stereocenters. The first-order valence-electron chi connectivity index (χ1n) is 5.72. The quantitative estimate of drug-likeness (QED) is 0.535. The predicted molar refractivity (Wildman–Crippen MR) is 61.0 cm³/mol. The van der Waals surface area contributed by atoms with Gasteiger partial charge in [-0.3, -0.25) is 4.79 Å². The van der Waals surface area contributed by atoms with Crippen LogP contribution in [0.2, 0.25) is 0 Å². The summed E-state index contributed by atoms with van der Waals surface area (Å²) in [5.41, 5.74) is 5.92. The Labute approximate surface area is 91.8 Å². The zero-order chi connectivity index (χ0) is 11.1.